The van der Waals surface area contributed by atoms with Gasteiger partial charge in [-0.15, -0.1) is 5.10 Å². The molecule has 2 saturated heterocycles. The summed E-state index contributed by atoms with van der Waals surface area (Å²) in [6.07, 6.45) is -3.50. The smallest absolute Gasteiger partial charge is 0.425 e. The molecule has 0 amide bonds. The Morgan fingerprint density at radius 1 is 1.26 bits per heavy atom. The van der Waals surface area contributed by atoms with Gasteiger partial charge in [-0.1, -0.05) is 6.92 Å². The van der Waals surface area contributed by atoms with Gasteiger partial charge in [-0.2, -0.15) is 23.4 Å². The van der Waals surface area contributed by atoms with Crippen molar-refractivity contribution >= 4 is 22.7 Å². The van der Waals surface area contributed by atoms with Gasteiger partial charge in [-0.3, -0.25) is 4.68 Å². The predicted molar refractivity (Wildman–Crippen MR) is 113 cm³/mol. The number of aromatic nitrogens is 5. The van der Waals surface area contributed by atoms with Crippen LogP contribution in [-0.4, -0.2) is 63.0 Å². The van der Waals surface area contributed by atoms with Crippen molar-refractivity contribution in [1.82, 2.24) is 24.3 Å². The van der Waals surface area contributed by atoms with Crippen LogP contribution >= 0.6 is 0 Å². The first-order valence-corrected chi connectivity index (χ1v) is 10.8. The van der Waals surface area contributed by atoms with Crippen LogP contribution < -0.4 is 10.1 Å². The summed E-state index contributed by atoms with van der Waals surface area (Å²) in [5.74, 6) is 0.101. The number of nitrogens with one attached hydrogen (secondary N) is 1. The van der Waals surface area contributed by atoms with E-state index in [-0.39, 0.29) is 35.5 Å². The van der Waals surface area contributed by atoms with Crippen LogP contribution in [0.25, 0.3) is 11.0 Å². The number of fused-ring (bicyclic) bond motifs is 1. The molecule has 0 saturated carbocycles. The quantitative estimate of drug-likeness (QED) is 0.575. The third kappa shape index (κ3) is 4.03. The minimum Gasteiger partial charge on any atom is -0.462 e. The molecule has 0 aliphatic carbocycles. The van der Waals surface area contributed by atoms with Crippen LogP contribution in [0.4, 0.5) is 24.8 Å². The summed E-state index contributed by atoms with van der Waals surface area (Å²) < 4.78 is 58.5. The standard InChI is InChI=1S/C21H22F3N7O3/c1-11-7-32-10-17(11)31-14(4-25)3-13-5-26-20(28-18(13)31)27-16-6-30(15-8-33-9-15)29-19(16)34-12(2)21(22,23)24/h3,5-6,11-12,15,17H,7-10H2,1-2H3,(H,26,27,28)/t11-,12+,17-/m0/s1. The van der Waals surface area contributed by atoms with Crippen LogP contribution in [0, 0.1) is 17.2 Å². The summed E-state index contributed by atoms with van der Waals surface area (Å²) in [5, 5.41) is 17.4. The number of hydrogen-bond acceptors (Lipinski definition) is 8. The SMILES string of the molecule is C[C@H]1COC[C@@H]1n1c(C#N)cc2cnc(Nc3cn(C4COC4)nc3O[C@H](C)C(F)(F)F)nc21. The van der Waals surface area contributed by atoms with Gasteiger partial charge in [-0.25, -0.2) is 4.98 Å². The maximum atomic E-state index is 13.1. The van der Waals surface area contributed by atoms with Gasteiger partial charge in [0.2, 0.25) is 5.95 Å². The summed E-state index contributed by atoms with van der Waals surface area (Å²) >= 11 is 0. The molecule has 0 unspecified atom stereocenters. The van der Waals surface area contributed by atoms with Gasteiger partial charge in [0.1, 0.15) is 23.1 Å². The molecule has 0 aromatic carbocycles. The second kappa shape index (κ2) is 8.44. The third-order valence-corrected chi connectivity index (χ3v) is 6.04. The van der Waals surface area contributed by atoms with Crippen molar-refractivity contribution in [3.63, 3.8) is 0 Å². The van der Waals surface area contributed by atoms with Crippen LogP contribution in [0.1, 0.15) is 31.6 Å². The highest BCUT2D eigenvalue weighted by atomic mass is 19.4. The molecule has 2 fully saturated rings. The van der Waals surface area contributed by atoms with Crippen LogP contribution in [-0.2, 0) is 9.47 Å². The van der Waals surface area contributed by atoms with E-state index in [2.05, 4.69) is 26.5 Å². The van der Waals surface area contributed by atoms with Gasteiger partial charge in [0.05, 0.1) is 44.7 Å². The minimum absolute atomic E-state index is 0.0669. The van der Waals surface area contributed by atoms with Gasteiger partial charge in [0, 0.05) is 17.5 Å². The average Bonchev–Trinajstić information content (AvgIpc) is 3.43. The highest BCUT2D eigenvalue weighted by Crippen LogP contribution is 2.34. The fourth-order valence-corrected chi connectivity index (χ4v) is 3.93. The summed E-state index contributed by atoms with van der Waals surface area (Å²) in [6, 6.07) is 3.74. The number of nitriles is 1. The molecule has 5 heterocycles. The molecule has 3 aromatic rings. The van der Waals surface area contributed by atoms with E-state index in [1.807, 2.05) is 11.5 Å². The predicted octanol–water partition coefficient (Wildman–Crippen LogP) is 3.35. The number of anilines is 2. The van der Waals surface area contributed by atoms with Crippen molar-refractivity contribution in [2.75, 3.05) is 31.7 Å². The molecule has 2 aliphatic rings. The average molecular weight is 477 g/mol. The zero-order valence-corrected chi connectivity index (χ0v) is 18.4. The molecule has 2 aliphatic heterocycles. The molecule has 5 rings (SSSR count). The zero-order valence-electron chi connectivity index (χ0n) is 18.4. The molecule has 3 aromatic heterocycles. The Bertz CT molecular complexity index is 1240. The molecule has 180 valence electrons. The largest absolute Gasteiger partial charge is 0.462 e. The third-order valence-electron chi connectivity index (χ3n) is 6.04. The first kappa shape index (κ1) is 22.4. The zero-order chi connectivity index (χ0) is 24.0. The highest BCUT2D eigenvalue weighted by molar-refractivity contribution is 5.79. The molecule has 0 radical (unpaired) electrons. The Kier molecular flexibility index (Phi) is 5.57. The Labute approximate surface area is 192 Å². The Morgan fingerprint density at radius 3 is 2.65 bits per heavy atom. The van der Waals surface area contributed by atoms with E-state index in [9.17, 15) is 18.4 Å². The van der Waals surface area contributed by atoms with E-state index < -0.39 is 12.3 Å². The van der Waals surface area contributed by atoms with Gasteiger partial charge < -0.3 is 24.1 Å². The number of nitrogens with zero attached hydrogens (tertiary/aromatic N) is 6. The van der Waals surface area contributed by atoms with Gasteiger partial charge >= 0.3 is 6.18 Å². The summed E-state index contributed by atoms with van der Waals surface area (Å²) in [6.45, 7) is 4.80. The van der Waals surface area contributed by atoms with Crippen molar-refractivity contribution in [2.45, 2.75) is 38.2 Å². The summed E-state index contributed by atoms with van der Waals surface area (Å²) in [4.78, 5) is 8.85. The number of alkyl halides is 3. The molecule has 10 nitrogen and oxygen atoms in total. The molecule has 1 N–H and O–H groups in total. The van der Waals surface area contributed by atoms with Crippen molar-refractivity contribution in [2.24, 2.45) is 5.92 Å². The lowest BCUT2D eigenvalue weighted by Crippen LogP contribution is -2.32. The maximum absolute atomic E-state index is 13.1. The number of hydrogen-bond donors (Lipinski definition) is 1. The van der Waals surface area contributed by atoms with Crippen LogP contribution in [0.3, 0.4) is 0 Å². The van der Waals surface area contributed by atoms with E-state index in [0.717, 1.165) is 6.92 Å². The molecule has 3 atom stereocenters. The van der Waals surface area contributed by atoms with Crippen molar-refractivity contribution in [1.29, 1.82) is 5.26 Å². The normalized spacial score (nSPS) is 21.9. The van der Waals surface area contributed by atoms with Gasteiger partial charge in [0.25, 0.3) is 5.88 Å². The highest BCUT2D eigenvalue weighted by Gasteiger charge is 2.39. The van der Waals surface area contributed by atoms with Crippen LogP contribution in [0.2, 0.25) is 0 Å². The van der Waals surface area contributed by atoms with E-state index in [1.165, 1.54) is 4.68 Å². The van der Waals surface area contributed by atoms with Gasteiger partial charge in [0.15, 0.2) is 6.10 Å². The lowest BCUT2D eigenvalue weighted by Gasteiger charge is -2.25. The lowest BCUT2D eigenvalue weighted by molar-refractivity contribution is -0.189. The Balaban J connectivity index is 1.50. The Hall–Kier alpha value is -3.37. The molecular formula is C21H22F3N7O3. The second-order valence-electron chi connectivity index (χ2n) is 8.51. The van der Waals surface area contributed by atoms with Crippen molar-refractivity contribution in [3.8, 4) is 11.9 Å². The lowest BCUT2D eigenvalue weighted by atomic mass is 10.1. The molecule has 0 spiro atoms. The minimum atomic E-state index is -4.55. The fourth-order valence-electron chi connectivity index (χ4n) is 3.93. The summed E-state index contributed by atoms with van der Waals surface area (Å²) in [7, 11) is 0. The van der Waals surface area contributed by atoms with E-state index >= 15 is 0 Å². The van der Waals surface area contributed by atoms with E-state index in [4.69, 9.17) is 14.2 Å². The fraction of sp³-hybridized carbons (Fsp3) is 0.524. The van der Waals surface area contributed by atoms with Gasteiger partial charge in [-0.05, 0) is 13.0 Å². The monoisotopic (exact) mass is 477 g/mol. The van der Waals surface area contributed by atoms with E-state index in [1.54, 1.807) is 18.5 Å². The molecule has 13 heteroatoms. The maximum Gasteiger partial charge on any atom is 0.425 e. The summed E-state index contributed by atoms with van der Waals surface area (Å²) in [5.41, 5.74) is 1.16. The van der Waals surface area contributed by atoms with Crippen LogP contribution in [0.15, 0.2) is 18.5 Å². The van der Waals surface area contributed by atoms with Crippen molar-refractivity contribution in [3.05, 3.63) is 24.2 Å². The second-order valence-corrected chi connectivity index (χ2v) is 8.51. The van der Waals surface area contributed by atoms with Crippen LogP contribution in [0.5, 0.6) is 5.88 Å². The first-order valence-electron chi connectivity index (χ1n) is 10.8. The molecule has 34 heavy (non-hydrogen) atoms. The van der Waals surface area contributed by atoms with Crippen molar-refractivity contribution < 1.29 is 27.4 Å². The molecular weight excluding hydrogens is 455 g/mol. The van der Waals surface area contributed by atoms with E-state index in [0.29, 0.717) is 43.2 Å². The Morgan fingerprint density at radius 2 is 2.03 bits per heavy atom. The first-order chi connectivity index (χ1) is 16.2. The number of rotatable bonds is 6. The topological polar surface area (TPSA) is 112 Å². The number of ether oxygens (including phenoxy) is 3. The number of halogens is 3. The molecule has 0 bridgehead atoms.